The molecule has 1 aliphatic rings. The van der Waals surface area contributed by atoms with E-state index >= 15 is 0 Å². The Labute approximate surface area is 130 Å². The second-order valence-corrected chi connectivity index (χ2v) is 5.63. The topological polar surface area (TPSA) is 38.5 Å². The largest absolute Gasteiger partial charge is 0.491 e. The third-order valence-electron chi connectivity index (χ3n) is 3.75. The zero-order valence-electron chi connectivity index (χ0n) is 11.9. The van der Waals surface area contributed by atoms with Crippen molar-refractivity contribution in [1.29, 1.82) is 0 Å². The maximum Gasteiger partial charge on any atom is 0.142 e. The fourth-order valence-corrected chi connectivity index (χ4v) is 2.88. The van der Waals surface area contributed by atoms with E-state index in [1.54, 1.807) is 0 Å². The van der Waals surface area contributed by atoms with Gasteiger partial charge in [0.15, 0.2) is 0 Å². The number of nitrogens with zero attached hydrogens (tertiary/aromatic N) is 1. The summed E-state index contributed by atoms with van der Waals surface area (Å²) in [5.74, 6) is 0.949. The molecule has 0 fully saturated rings. The molecule has 110 valence electrons. The van der Waals surface area contributed by atoms with E-state index < -0.39 is 0 Å². The van der Waals surface area contributed by atoms with Gasteiger partial charge in [-0.1, -0.05) is 35.9 Å². The predicted molar refractivity (Wildman–Crippen MR) is 86.9 cm³/mol. The minimum Gasteiger partial charge on any atom is -0.491 e. The molecule has 21 heavy (non-hydrogen) atoms. The van der Waals surface area contributed by atoms with Gasteiger partial charge in [0.2, 0.25) is 0 Å². The SMILES string of the molecule is NCc1ccc(CN2CCCOc3ccccc32)c(Cl)c1. The molecule has 0 unspecified atom stereocenters. The number of nitrogens with two attached hydrogens (primary N) is 1. The van der Waals surface area contributed by atoms with Crippen LogP contribution in [0.5, 0.6) is 5.75 Å². The third-order valence-corrected chi connectivity index (χ3v) is 4.10. The van der Waals surface area contributed by atoms with E-state index in [1.807, 2.05) is 30.3 Å². The fraction of sp³-hybridized carbons (Fsp3) is 0.294. The van der Waals surface area contributed by atoms with Crippen molar-refractivity contribution in [2.24, 2.45) is 5.73 Å². The second kappa shape index (κ2) is 6.37. The van der Waals surface area contributed by atoms with Crippen molar-refractivity contribution >= 4 is 17.3 Å². The second-order valence-electron chi connectivity index (χ2n) is 5.22. The average Bonchev–Trinajstić information content (AvgIpc) is 2.72. The standard InChI is InChI=1S/C17H19ClN2O/c18-15-10-13(11-19)6-7-14(15)12-20-8-3-9-21-17-5-2-1-4-16(17)20/h1-2,4-7,10H,3,8-9,11-12,19H2. The van der Waals surface area contributed by atoms with Gasteiger partial charge in [0.1, 0.15) is 5.75 Å². The molecular formula is C17H19ClN2O. The van der Waals surface area contributed by atoms with Gasteiger partial charge in [-0.15, -0.1) is 0 Å². The monoisotopic (exact) mass is 302 g/mol. The third kappa shape index (κ3) is 3.14. The summed E-state index contributed by atoms with van der Waals surface area (Å²) in [5, 5.41) is 0.778. The van der Waals surface area contributed by atoms with Crippen molar-refractivity contribution in [3.05, 3.63) is 58.6 Å². The van der Waals surface area contributed by atoms with E-state index in [4.69, 9.17) is 22.1 Å². The summed E-state index contributed by atoms with van der Waals surface area (Å²) < 4.78 is 5.79. The molecular weight excluding hydrogens is 284 g/mol. The molecule has 4 heteroatoms. The van der Waals surface area contributed by atoms with Crippen molar-refractivity contribution in [3.8, 4) is 5.75 Å². The Morgan fingerprint density at radius 1 is 1.19 bits per heavy atom. The highest BCUT2D eigenvalue weighted by molar-refractivity contribution is 6.31. The summed E-state index contributed by atoms with van der Waals surface area (Å²) >= 11 is 6.38. The summed E-state index contributed by atoms with van der Waals surface area (Å²) in [5.41, 5.74) is 8.96. The number of hydrogen-bond donors (Lipinski definition) is 1. The molecule has 1 aliphatic heterocycles. The number of benzene rings is 2. The molecule has 0 atom stereocenters. The first kappa shape index (κ1) is 14.2. The van der Waals surface area contributed by atoms with Crippen LogP contribution in [-0.4, -0.2) is 13.2 Å². The molecule has 1 heterocycles. The molecule has 0 bridgehead atoms. The number of fused-ring (bicyclic) bond motifs is 1. The highest BCUT2D eigenvalue weighted by atomic mass is 35.5. The summed E-state index contributed by atoms with van der Waals surface area (Å²) in [6.07, 6.45) is 1.01. The van der Waals surface area contributed by atoms with E-state index in [0.29, 0.717) is 6.54 Å². The fourth-order valence-electron chi connectivity index (χ4n) is 2.61. The van der Waals surface area contributed by atoms with Crippen molar-refractivity contribution in [2.75, 3.05) is 18.1 Å². The van der Waals surface area contributed by atoms with Crippen LogP contribution in [-0.2, 0) is 13.1 Å². The van der Waals surface area contributed by atoms with Crippen LogP contribution in [0.25, 0.3) is 0 Å². The smallest absolute Gasteiger partial charge is 0.142 e. The molecule has 0 aromatic heterocycles. The van der Waals surface area contributed by atoms with Gasteiger partial charge in [0.05, 0.1) is 12.3 Å². The molecule has 0 radical (unpaired) electrons. The van der Waals surface area contributed by atoms with E-state index in [-0.39, 0.29) is 0 Å². The van der Waals surface area contributed by atoms with Crippen molar-refractivity contribution in [2.45, 2.75) is 19.5 Å². The van der Waals surface area contributed by atoms with Crippen LogP contribution < -0.4 is 15.4 Å². The number of halogens is 1. The van der Waals surface area contributed by atoms with Gasteiger partial charge >= 0.3 is 0 Å². The lowest BCUT2D eigenvalue weighted by Gasteiger charge is -2.24. The minimum absolute atomic E-state index is 0.514. The van der Waals surface area contributed by atoms with E-state index in [9.17, 15) is 0 Å². The zero-order chi connectivity index (χ0) is 14.7. The molecule has 2 aromatic rings. The van der Waals surface area contributed by atoms with Crippen molar-refractivity contribution in [1.82, 2.24) is 0 Å². The minimum atomic E-state index is 0.514. The van der Waals surface area contributed by atoms with Crippen LogP contribution in [0, 0.1) is 0 Å². The Morgan fingerprint density at radius 3 is 2.86 bits per heavy atom. The van der Waals surface area contributed by atoms with Crippen LogP contribution in [0.4, 0.5) is 5.69 Å². The maximum atomic E-state index is 6.38. The van der Waals surface area contributed by atoms with Crippen LogP contribution in [0.2, 0.25) is 5.02 Å². The summed E-state index contributed by atoms with van der Waals surface area (Å²) in [7, 11) is 0. The first-order valence-electron chi connectivity index (χ1n) is 7.22. The lowest BCUT2D eigenvalue weighted by molar-refractivity contribution is 0.322. The Hall–Kier alpha value is -1.71. The molecule has 0 amide bonds. The molecule has 0 saturated carbocycles. The van der Waals surface area contributed by atoms with E-state index in [1.165, 1.54) is 0 Å². The van der Waals surface area contributed by atoms with Crippen molar-refractivity contribution in [3.63, 3.8) is 0 Å². The first-order chi connectivity index (χ1) is 10.3. The summed E-state index contributed by atoms with van der Waals surface area (Å²) in [4.78, 5) is 2.33. The molecule has 3 rings (SSSR count). The molecule has 0 saturated heterocycles. The average molecular weight is 303 g/mol. The zero-order valence-corrected chi connectivity index (χ0v) is 12.6. The number of hydrogen-bond acceptors (Lipinski definition) is 3. The maximum absolute atomic E-state index is 6.38. The Bertz CT molecular complexity index is 630. The molecule has 3 nitrogen and oxygen atoms in total. The highest BCUT2D eigenvalue weighted by Crippen LogP contribution is 2.32. The molecule has 0 spiro atoms. The van der Waals surface area contributed by atoms with Gasteiger partial charge in [-0.2, -0.15) is 0 Å². The van der Waals surface area contributed by atoms with Crippen LogP contribution in [0.3, 0.4) is 0 Å². The first-order valence-corrected chi connectivity index (χ1v) is 7.60. The summed E-state index contributed by atoms with van der Waals surface area (Å²) in [6, 6.07) is 14.2. The van der Waals surface area contributed by atoms with E-state index in [2.05, 4.69) is 17.0 Å². The number of para-hydroxylation sites is 2. The van der Waals surface area contributed by atoms with Gasteiger partial charge in [-0.05, 0) is 35.7 Å². The van der Waals surface area contributed by atoms with Gasteiger partial charge in [-0.3, -0.25) is 0 Å². The lowest BCUT2D eigenvalue weighted by atomic mass is 10.1. The summed E-state index contributed by atoms with van der Waals surface area (Å²) in [6.45, 7) is 3.02. The molecule has 0 aliphatic carbocycles. The quantitative estimate of drug-likeness (QED) is 0.941. The predicted octanol–water partition coefficient (Wildman–Crippen LogP) is 3.59. The van der Waals surface area contributed by atoms with Crippen LogP contribution >= 0.6 is 11.6 Å². The normalized spacial score (nSPS) is 14.3. The van der Waals surface area contributed by atoms with Gasteiger partial charge in [0.25, 0.3) is 0 Å². The number of rotatable bonds is 3. The Balaban J connectivity index is 1.87. The lowest BCUT2D eigenvalue weighted by Crippen LogP contribution is -2.23. The van der Waals surface area contributed by atoms with Crippen LogP contribution in [0.1, 0.15) is 17.5 Å². The van der Waals surface area contributed by atoms with Gasteiger partial charge in [0, 0.05) is 24.7 Å². The van der Waals surface area contributed by atoms with Gasteiger partial charge in [-0.25, -0.2) is 0 Å². The highest BCUT2D eigenvalue weighted by Gasteiger charge is 2.17. The number of anilines is 1. The Morgan fingerprint density at radius 2 is 2.05 bits per heavy atom. The Kier molecular flexibility index (Phi) is 4.32. The van der Waals surface area contributed by atoms with Gasteiger partial charge < -0.3 is 15.4 Å². The van der Waals surface area contributed by atoms with Crippen LogP contribution in [0.15, 0.2) is 42.5 Å². The molecule has 2 N–H and O–H groups in total. The molecule has 2 aromatic carbocycles. The number of ether oxygens (including phenoxy) is 1. The van der Waals surface area contributed by atoms with E-state index in [0.717, 1.165) is 53.7 Å². The van der Waals surface area contributed by atoms with Crippen molar-refractivity contribution < 1.29 is 4.74 Å².